The van der Waals surface area contributed by atoms with Crippen LogP contribution in [-0.4, -0.2) is 30.4 Å². The third-order valence-corrected chi connectivity index (χ3v) is 2.90. The van der Waals surface area contributed by atoms with Gasteiger partial charge in [0.2, 0.25) is 5.88 Å². The molecule has 0 atom stereocenters. The summed E-state index contributed by atoms with van der Waals surface area (Å²) in [6.45, 7) is 0. The lowest BCUT2D eigenvalue weighted by Gasteiger charge is -2.09. The zero-order chi connectivity index (χ0) is 13.7. The monoisotopic (exact) mass is 278 g/mol. The van der Waals surface area contributed by atoms with Crippen LogP contribution in [0.1, 0.15) is 0 Å². The van der Waals surface area contributed by atoms with Gasteiger partial charge in [-0.25, -0.2) is 4.98 Å². The maximum atomic E-state index is 5.68. The number of thioether (sulfide) groups is 1. The highest BCUT2D eigenvalue weighted by molar-refractivity contribution is 7.98. The highest BCUT2D eigenvalue weighted by Crippen LogP contribution is 2.30. The number of rotatable bonds is 5. The van der Waals surface area contributed by atoms with E-state index in [1.54, 1.807) is 44.7 Å². The predicted molar refractivity (Wildman–Crippen MR) is 73.4 cm³/mol. The number of aromatic nitrogens is 2. The second-order valence-corrected chi connectivity index (χ2v) is 4.31. The van der Waals surface area contributed by atoms with Gasteiger partial charge in [0, 0.05) is 30.5 Å². The maximum Gasteiger partial charge on any atom is 0.223 e. The zero-order valence-electron chi connectivity index (χ0n) is 10.9. The minimum Gasteiger partial charge on any atom is -0.496 e. The van der Waals surface area contributed by atoms with E-state index in [4.69, 9.17) is 14.2 Å². The van der Waals surface area contributed by atoms with Crippen molar-refractivity contribution in [2.75, 3.05) is 20.5 Å². The third kappa shape index (κ3) is 3.51. The molecule has 1 aromatic carbocycles. The molecule has 0 aliphatic carbocycles. The Balaban J connectivity index is 2.26. The Bertz CT molecular complexity index is 541. The molecule has 1 heterocycles. The quantitative estimate of drug-likeness (QED) is 0.619. The van der Waals surface area contributed by atoms with E-state index in [-0.39, 0.29) is 0 Å². The molecule has 2 rings (SSSR count). The summed E-state index contributed by atoms with van der Waals surface area (Å²) in [7, 11) is 3.18. The lowest BCUT2D eigenvalue weighted by atomic mass is 10.3. The molecule has 100 valence electrons. The van der Waals surface area contributed by atoms with Crippen LogP contribution in [0.25, 0.3) is 0 Å². The van der Waals surface area contributed by atoms with Crippen LogP contribution in [-0.2, 0) is 0 Å². The summed E-state index contributed by atoms with van der Waals surface area (Å²) >= 11 is 1.46. The van der Waals surface area contributed by atoms with Crippen LogP contribution in [0, 0.1) is 0 Å². The van der Waals surface area contributed by atoms with Gasteiger partial charge in [0.1, 0.15) is 17.2 Å². The number of benzene rings is 1. The summed E-state index contributed by atoms with van der Waals surface area (Å²) in [6, 6.07) is 7.01. The molecular weight excluding hydrogens is 264 g/mol. The standard InChI is InChI=1S/C13H14N2O3S/c1-16-9-6-10(17-2)8-11(7-9)18-12-4-5-14-13(15-12)19-3/h4-8H,1-3H3. The Morgan fingerprint density at radius 1 is 1.00 bits per heavy atom. The fraction of sp³-hybridized carbons (Fsp3) is 0.231. The van der Waals surface area contributed by atoms with E-state index >= 15 is 0 Å². The van der Waals surface area contributed by atoms with Crippen molar-refractivity contribution in [1.29, 1.82) is 0 Å². The van der Waals surface area contributed by atoms with Gasteiger partial charge in [0.05, 0.1) is 14.2 Å². The fourth-order valence-electron chi connectivity index (χ4n) is 1.44. The predicted octanol–water partition coefficient (Wildman–Crippen LogP) is 3.01. The van der Waals surface area contributed by atoms with Gasteiger partial charge in [-0.05, 0) is 6.26 Å². The van der Waals surface area contributed by atoms with Gasteiger partial charge in [-0.1, -0.05) is 11.8 Å². The molecule has 0 N–H and O–H groups in total. The summed E-state index contributed by atoms with van der Waals surface area (Å²) in [5, 5.41) is 0.660. The molecule has 1 aromatic heterocycles. The fourth-order valence-corrected chi connectivity index (χ4v) is 1.79. The van der Waals surface area contributed by atoms with E-state index in [9.17, 15) is 0 Å². The van der Waals surface area contributed by atoms with Gasteiger partial charge in [-0.2, -0.15) is 4.98 Å². The molecule has 0 fully saturated rings. The maximum absolute atomic E-state index is 5.68. The second-order valence-electron chi connectivity index (χ2n) is 3.53. The van der Waals surface area contributed by atoms with Crippen LogP contribution in [0.3, 0.4) is 0 Å². The van der Waals surface area contributed by atoms with Gasteiger partial charge >= 0.3 is 0 Å². The molecule has 0 spiro atoms. The molecule has 0 aliphatic heterocycles. The molecule has 0 radical (unpaired) electrons. The third-order valence-electron chi connectivity index (χ3n) is 2.34. The Hall–Kier alpha value is -1.95. The summed E-state index contributed by atoms with van der Waals surface area (Å²) in [4.78, 5) is 8.33. The van der Waals surface area contributed by atoms with E-state index in [2.05, 4.69) is 9.97 Å². The zero-order valence-corrected chi connectivity index (χ0v) is 11.7. The van der Waals surface area contributed by atoms with Gasteiger partial charge < -0.3 is 14.2 Å². The van der Waals surface area contributed by atoms with Crippen LogP contribution in [0.15, 0.2) is 35.6 Å². The summed E-state index contributed by atoms with van der Waals surface area (Å²) in [6.07, 6.45) is 3.57. The smallest absolute Gasteiger partial charge is 0.223 e. The lowest BCUT2D eigenvalue weighted by Crippen LogP contribution is -1.93. The molecule has 2 aromatic rings. The van der Waals surface area contributed by atoms with Crippen LogP contribution >= 0.6 is 11.8 Å². The van der Waals surface area contributed by atoms with Gasteiger partial charge in [0.25, 0.3) is 0 Å². The van der Waals surface area contributed by atoms with Crippen LogP contribution < -0.4 is 14.2 Å². The van der Waals surface area contributed by atoms with Crippen LogP contribution in [0.4, 0.5) is 0 Å². The van der Waals surface area contributed by atoms with Gasteiger partial charge in [0.15, 0.2) is 5.16 Å². The summed E-state index contributed by atoms with van der Waals surface area (Å²) in [5.74, 6) is 2.40. The molecule has 0 bridgehead atoms. The van der Waals surface area contributed by atoms with Crippen molar-refractivity contribution in [3.63, 3.8) is 0 Å². The van der Waals surface area contributed by atoms with Crippen molar-refractivity contribution in [3.8, 4) is 23.1 Å². The first-order valence-electron chi connectivity index (χ1n) is 5.53. The van der Waals surface area contributed by atoms with Crippen molar-refractivity contribution < 1.29 is 14.2 Å². The molecule has 19 heavy (non-hydrogen) atoms. The van der Waals surface area contributed by atoms with E-state index in [0.29, 0.717) is 28.3 Å². The lowest BCUT2D eigenvalue weighted by molar-refractivity contribution is 0.384. The molecular formula is C13H14N2O3S. The van der Waals surface area contributed by atoms with E-state index in [0.717, 1.165) is 0 Å². The Morgan fingerprint density at radius 3 is 2.21 bits per heavy atom. The summed E-state index contributed by atoms with van der Waals surface area (Å²) in [5.41, 5.74) is 0. The highest BCUT2D eigenvalue weighted by atomic mass is 32.2. The summed E-state index contributed by atoms with van der Waals surface area (Å²) < 4.78 is 16.0. The van der Waals surface area contributed by atoms with Crippen molar-refractivity contribution in [2.24, 2.45) is 0 Å². The molecule has 0 saturated carbocycles. The van der Waals surface area contributed by atoms with Crippen LogP contribution in [0.5, 0.6) is 23.1 Å². The number of methoxy groups -OCH3 is 2. The Kier molecular flexibility index (Phi) is 4.46. The van der Waals surface area contributed by atoms with Crippen molar-refractivity contribution in [3.05, 3.63) is 30.5 Å². The molecule has 0 aliphatic rings. The molecule has 5 nitrogen and oxygen atoms in total. The largest absolute Gasteiger partial charge is 0.496 e. The number of hydrogen-bond acceptors (Lipinski definition) is 6. The first-order valence-corrected chi connectivity index (χ1v) is 6.75. The SMILES string of the molecule is COc1cc(OC)cc(Oc2ccnc(SC)n2)c1. The van der Waals surface area contributed by atoms with E-state index in [1.165, 1.54) is 11.8 Å². The van der Waals surface area contributed by atoms with Crippen LogP contribution in [0.2, 0.25) is 0 Å². The average Bonchev–Trinajstić information content (AvgIpc) is 2.47. The molecule has 6 heteroatoms. The number of nitrogens with zero attached hydrogens (tertiary/aromatic N) is 2. The topological polar surface area (TPSA) is 53.5 Å². The molecule has 0 amide bonds. The Morgan fingerprint density at radius 2 is 1.63 bits per heavy atom. The first kappa shape index (κ1) is 13.5. The van der Waals surface area contributed by atoms with Gasteiger partial charge in [-0.15, -0.1) is 0 Å². The minimum atomic E-state index is 0.481. The van der Waals surface area contributed by atoms with Crippen molar-refractivity contribution >= 4 is 11.8 Å². The first-order chi connectivity index (χ1) is 9.25. The van der Waals surface area contributed by atoms with Crippen molar-refractivity contribution in [1.82, 2.24) is 9.97 Å². The van der Waals surface area contributed by atoms with E-state index in [1.807, 2.05) is 6.26 Å². The minimum absolute atomic E-state index is 0.481. The molecule has 0 saturated heterocycles. The Labute approximate surface area is 115 Å². The van der Waals surface area contributed by atoms with Crippen molar-refractivity contribution in [2.45, 2.75) is 5.16 Å². The van der Waals surface area contributed by atoms with E-state index < -0.39 is 0 Å². The second kappa shape index (κ2) is 6.29. The molecule has 0 unspecified atom stereocenters. The number of hydrogen-bond donors (Lipinski definition) is 0. The highest BCUT2D eigenvalue weighted by Gasteiger charge is 2.05. The number of ether oxygens (including phenoxy) is 3. The normalized spacial score (nSPS) is 10.1. The van der Waals surface area contributed by atoms with Gasteiger partial charge in [-0.3, -0.25) is 0 Å². The average molecular weight is 278 g/mol.